The average molecular weight is 380 g/mol. The van der Waals surface area contributed by atoms with Gasteiger partial charge in [0.25, 0.3) is 0 Å². The summed E-state index contributed by atoms with van der Waals surface area (Å²) in [4.78, 5) is 8.35. The molecule has 0 aliphatic carbocycles. The molecule has 2 aromatic carbocycles. The van der Waals surface area contributed by atoms with Crippen molar-refractivity contribution in [3.8, 4) is 28.4 Å². The van der Waals surface area contributed by atoms with Gasteiger partial charge in [-0.3, -0.25) is 9.97 Å². The lowest BCUT2D eigenvalue weighted by atomic mass is 10.1. The molecule has 0 spiro atoms. The van der Waals surface area contributed by atoms with Gasteiger partial charge in [-0.2, -0.15) is 4.52 Å². The fourth-order valence-corrected chi connectivity index (χ4v) is 3.06. The van der Waals surface area contributed by atoms with Crippen LogP contribution >= 0.6 is 0 Å². The lowest BCUT2D eigenvalue weighted by molar-refractivity contribution is 0.285. The van der Waals surface area contributed by atoms with Crippen molar-refractivity contribution in [2.24, 2.45) is 0 Å². The molecule has 7 heteroatoms. The van der Waals surface area contributed by atoms with Gasteiger partial charge in [0.15, 0.2) is 11.5 Å². The van der Waals surface area contributed by atoms with Crippen LogP contribution in [0.1, 0.15) is 5.69 Å². The minimum absolute atomic E-state index is 0.259. The standard InChI is InChI=1S/C22H16N6O/c1-3-7-16(8-4-1)19-13-20-25-26-21(17-9-5-2-6-10-17)28(20)27-22(19)29-15-18-14-23-11-12-24-18/h1-14H,15H2. The van der Waals surface area contributed by atoms with Crippen LogP contribution in [0.5, 0.6) is 5.88 Å². The molecule has 5 aromatic rings. The van der Waals surface area contributed by atoms with Crippen molar-refractivity contribution < 1.29 is 4.74 Å². The Morgan fingerprint density at radius 3 is 2.31 bits per heavy atom. The predicted octanol–water partition coefficient (Wildman–Crippen LogP) is 3.83. The van der Waals surface area contributed by atoms with Crippen LogP contribution in [0.15, 0.2) is 85.3 Å². The van der Waals surface area contributed by atoms with Gasteiger partial charge < -0.3 is 4.74 Å². The third-order valence-corrected chi connectivity index (χ3v) is 4.45. The maximum absolute atomic E-state index is 6.06. The zero-order valence-electron chi connectivity index (χ0n) is 15.4. The van der Waals surface area contributed by atoms with E-state index in [-0.39, 0.29) is 6.61 Å². The Balaban J connectivity index is 1.62. The molecular formula is C22H16N6O. The number of aromatic nitrogens is 6. The number of rotatable bonds is 5. The van der Waals surface area contributed by atoms with E-state index in [4.69, 9.17) is 9.84 Å². The van der Waals surface area contributed by atoms with Crippen molar-refractivity contribution in [2.75, 3.05) is 0 Å². The largest absolute Gasteiger partial charge is 0.470 e. The van der Waals surface area contributed by atoms with Crippen LogP contribution in [0.3, 0.4) is 0 Å². The van der Waals surface area contributed by atoms with Gasteiger partial charge in [-0.15, -0.1) is 15.3 Å². The third kappa shape index (κ3) is 3.41. The zero-order chi connectivity index (χ0) is 19.5. The quantitative estimate of drug-likeness (QED) is 0.461. The zero-order valence-corrected chi connectivity index (χ0v) is 15.4. The summed E-state index contributed by atoms with van der Waals surface area (Å²) in [6.45, 7) is 0.259. The summed E-state index contributed by atoms with van der Waals surface area (Å²) in [5, 5.41) is 13.4. The van der Waals surface area contributed by atoms with E-state index in [0.29, 0.717) is 17.4 Å². The summed E-state index contributed by atoms with van der Waals surface area (Å²) >= 11 is 0. The molecule has 0 fully saturated rings. The molecule has 0 amide bonds. The highest BCUT2D eigenvalue weighted by molar-refractivity contribution is 5.72. The van der Waals surface area contributed by atoms with Crippen LogP contribution in [0.2, 0.25) is 0 Å². The number of fused-ring (bicyclic) bond motifs is 1. The SMILES string of the molecule is c1ccc(-c2cc3nnc(-c4ccccc4)n3nc2OCc2cnccn2)cc1. The molecule has 140 valence electrons. The van der Waals surface area contributed by atoms with Crippen molar-refractivity contribution >= 4 is 5.65 Å². The van der Waals surface area contributed by atoms with Gasteiger partial charge in [-0.05, 0) is 11.6 Å². The van der Waals surface area contributed by atoms with Crippen LogP contribution in [0.4, 0.5) is 0 Å². The number of nitrogens with zero attached hydrogens (tertiary/aromatic N) is 6. The highest BCUT2D eigenvalue weighted by Crippen LogP contribution is 2.30. The van der Waals surface area contributed by atoms with E-state index in [2.05, 4.69) is 20.2 Å². The molecule has 0 saturated carbocycles. The highest BCUT2D eigenvalue weighted by Gasteiger charge is 2.16. The molecule has 0 bridgehead atoms. The minimum atomic E-state index is 0.259. The van der Waals surface area contributed by atoms with Crippen LogP contribution in [-0.2, 0) is 6.61 Å². The number of ether oxygens (including phenoxy) is 1. The lowest BCUT2D eigenvalue weighted by Gasteiger charge is -2.11. The number of benzene rings is 2. The Hall–Kier alpha value is -4.13. The molecule has 7 nitrogen and oxygen atoms in total. The first-order valence-electron chi connectivity index (χ1n) is 9.13. The van der Waals surface area contributed by atoms with Crippen molar-refractivity contribution in [3.05, 3.63) is 91.0 Å². The molecule has 29 heavy (non-hydrogen) atoms. The van der Waals surface area contributed by atoms with Gasteiger partial charge in [-0.1, -0.05) is 60.7 Å². The van der Waals surface area contributed by atoms with E-state index in [1.807, 2.05) is 66.7 Å². The minimum Gasteiger partial charge on any atom is -0.470 e. The summed E-state index contributed by atoms with van der Waals surface area (Å²) in [5.41, 5.74) is 4.13. The Labute approximate surface area is 166 Å². The van der Waals surface area contributed by atoms with Crippen LogP contribution < -0.4 is 4.74 Å². The predicted molar refractivity (Wildman–Crippen MR) is 108 cm³/mol. The maximum Gasteiger partial charge on any atom is 0.240 e. The van der Waals surface area contributed by atoms with Gasteiger partial charge in [0.05, 0.1) is 11.9 Å². The summed E-state index contributed by atoms with van der Waals surface area (Å²) < 4.78 is 7.76. The average Bonchev–Trinajstić information content (AvgIpc) is 3.22. The molecule has 0 saturated heterocycles. The fourth-order valence-electron chi connectivity index (χ4n) is 3.06. The Bertz CT molecular complexity index is 1240. The van der Waals surface area contributed by atoms with Gasteiger partial charge in [0.1, 0.15) is 6.61 Å². The van der Waals surface area contributed by atoms with E-state index in [0.717, 1.165) is 22.4 Å². The molecule has 0 aliphatic rings. The Kier molecular flexibility index (Phi) is 4.38. The molecule has 0 unspecified atom stereocenters. The van der Waals surface area contributed by atoms with Gasteiger partial charge in [0, 0.05) is 23.5 Å². The summed E-state index contributed by atoms with van der Waals surface area (Å²) in [6, 6.07) is 21.7. The molecular weight excluding hydrogens is 364 g/mol. The molecule has 0 N–H and O–H groups in total. The van der Waals surface area contributed by atoms with Crippen molar-refractivity contribution in [1.29, 1.82) is 0 Å². The second-order valence-electron chi connectivity index (χ2n) is 6.37. The first-order valence-corrected chi connectivity index (χ1v) is 9.13. The smallest absolute Gasteiger partial charge is 0.240 e. The topological polar surface area (TPSA) is 78.1 Å². The van der Waals surface area contributed by atoms with Gasteiger partial charge in [-0.25, -0.2) is 0 Å². The second kappa shape index (κ2) is 7.47. The molecule has 0 aliphatic heterocycles. The van der Waals surface area contributed by atoms with Crippen LogP contribution in [0, 0.1) is 0 Å². The van der Waals surface area contributed by atoms with E-state index >= 15 is 0 Å². The van der Waals surface area contributed by atoms with E-state index in [9.17, 15) is 0 Å². The van der Waals surface area contributed by atoms with Crippen LogP contribution in [0.25, 0.3) is 28.2 Å². The van der Waals surface area contributed by atoms with Gasteiger partial charge >= 0.3 is 0 Å². The normalized spacial score (nSPS) is 10.9. The maximum atomic E-state index is 6.06. The fraction of sp³-hybridized carbons (Fsp3) is 0.0455. The van der Waals surface area contributed by atoms with E-state index in [1.165, 1.54) is 0 Å². The van der Waals surface area contributed by atoms with E-state index in [1.54, 1.807) is 23.1 Å². The Morgan fingerprint density at radius 2 is 1.59 bits per heavy atom. The molecule has 0 radical (unpaired) electrons. The molecule has 0 atom stereocenters. The van der Waals surface area contributed by atoms with Crippen molar-refractivity contribution in [3.63, 3.8) is 0 Å². The summed E-state index contributed by atoms with van der Waals surface area (Å²) in [5.74, 6) is 1.14. The lowest BCUT2D eigenvalue weighted by Crippen LogP contribution is -2.05. The number of hydrogen-bond acceptors (Lipinski definition) is 6. The van der Waals surface area contributed by atoms with Crippen molar-refractivity contribution in [2.45, 2.75) is 6.61 Å². The molecule has 5 rings (SSSR count). The molecule has 3 heterocycles. The van der Waals surface area contributed by atoms with Crippen LogP contribution in [-0.4, -0.2) is 29.8 Å². The monoisotopic (exact) mass is 380 g/mol. The summed E-state index contributed by atoms with van der Waals surface area (Å²) in [7, 11) is 0. The second-order valence-corrected chi connectivity index (χ2v) is 6.37. The molecule has 3 aromatic heterocycles. The number of hydrogen-bond donors (Lipinski definition) is 0. The Morgan fingerprint density at radius 1 is 0.828 bits per heavy atom. The van der Waals surface area contributed by atoms with E-state index < -0.39 is 0 Å². The first-order chi connectivity index (χ1) is 14.4. The highest BCUT2D eigenvalue weighted by atomic mass is 16.5. The van der Waals surface area contributed by atoms with Gasteiger partial charge in [0.2, 0.25) is 5.88 Å². The van der Waals surface area contributed by atoms with Crippen molar-refractivity contribution in [1.82, 2.24) is 29.8 Å². The first kappa shape index (κ1) is 17.0. The summed E-state index contributed by atoms with van der Waals surface area (Å²) in [6.07, 6.45) is 4.95. The third-order valence-electron chi connectivity index (χ3n) is 4.45.